The largest absolute Gasteiger partial charge is 0.379 e. The van der Waals surface area contributed by atoms with Gasteiger partial charge in [0.15, 0.2) is 6.29 Å². The van der Waals surface area contributed by atoms with Gasteiger partial charge in [0.05, 0.1) is 18.1 Å². The third kappa shape index (κ3) is 9.54. The van der Waals surface area contributed by atoms with Crippen molar-refractivity contribution in [3.05, 3.63) is 54.1 Å². The van der Waals surface area contributed by atoms with Crippen molar-refractivity contribution in [1.29, 1.82) is 0 Å². The standard InChI is InChI=1S/C29H41N3O6S2/c1-23-6-5-7-26(20-23)39-25-9-11-27(12-10-25)40(34,35)32(14-13-31-15-18-36-19-16-31)22-24(2)21-28(33)30-38-29-8-3-4-17-37-29/h5-7,9-12,20,24,29H,3-4,8,13-19,21-22H2,1-2H3,(H,30,33). The second kappa shape index (κ2) is 15.3. The first-order valence-corrected chi connectivity index (χ1v) is 16.3. The van der Waals surface area contributed by atoms with Gasteiger partial charge in [-0.3, -0.25) is 9.69 Å². The smallest absolute Gasteiger partial charge is 0.243 e. The van der Waals surface area contributed by atoms with E-state index in [4.69, 9.17) is 14.3 Å². The molecule has 2 aliphatic rings. The molecule has 2 unspecified atom stereocenters. The zero-order valence-corrected chi connectivity index (χ0v) is 25.1. The molecule has 0 saturated carbocycles. The van der Waals surface area contributed by atoms with Gasteiger partial charge in [0.25, 0.3) is 0 Å². The Hall–Kier alpha value is -1.99. The van der Waals surface area contributed by atoms with Gasteiger partial charge in [0, 0.05) is 62.0 Å². The summed E-state index contributed by atoms with van der Waals surface area (Å²) in [5, 5.41) is 0. The molecule has 0 aliphatic carbocycles. The van der Waals surface area contributed by atoms with Gasteiger partial charge in [-0.25, -0.2) is 18.7 Å². The van der Waals surface area contributed by atoms with Gasteiger partial charge in [0.1, 0.15) is 0 Å². The van der Waals surface area contributed by atoms with Gasteiger partial charge in [-0.15, -0.1) is 0 Å². The van der Waals surface area contributed by atoms with Crippen LogP contribution in [0, 0.1) is 12.8 Å². The van der Waals surface area contributed by atoms with Crippen molar-refractivity contribution in [3.8, 4) is 0 Å². The van der Waals surface area contributed by atoms with Crippen molar-refractivity contribution in [3.63, 3.8) is 0 Å². The number of sulfonamides is 1. The van der Waals surface area contributed by atoms with Crippen LogP contribution in [-0.4, -0.2) is 82.4 Å². The molecule has 2 atom stereocenters. The summed E-state index contributed by atoms with van der Waals surface area (Å²) in [4.78, 5) is 22.5. The molecule has 2 aromatic rings. The minimum Gasteiger partial charge on any atom is -0.379 e. The molecule has 2 aliphatic heterocycles. The Morgan fingerprint density at radius 2 is 1.90 bits per heavy atom. The third-order valence-electron chi connectivity index (χ3n) is 6.95. The second-order valence-electron chi connectivity index (χ2n) is 10.5. The van der Waals surface area contributed by atoms with Gasteiger partial charge in [0.2, 0.25) is 15.9 Å². The van der Waals surface area contributed by atoms with Crippen molar-refractivity contribution in [2.24, 2.45) is 5.92 Å². The summed E-state index contributed by atoms with van der Waals surface area (Å²) in [6.07, 6.45) is 2.45. The second-order valence-corrected chi connectivity index (χ2v) is 13.5. The molecule has 2 aromatic carbocycles. The van der Waals surface area contributed by atoms with Crippen LogP contribution in [0.2, 0.25) is 0 Å². The fraction of sp³-hybridized carbons (Fsp3) is 0.552. The Kier molecular flexibility index (Phi) is 11.8. The van der Waals surface area contributed by atoms with Gasteiger partial charge < -0.3 is 9.47 Å². The van der Waals surface area contributed by atoms with E-state index in [0.717, 1.165) is 42.1 Å². The molecular weight excluding hydrogens is 550 g/mol. The van der Waals surface area contributed by atoms with Crippen LogP contribution in [0.1, 0.15) is 38.2 Å². The first-order chi connectivity index (χ1) is 19.3. The quantitative estimate of drug-likeness (QED) is 0.348. The van der Waals surface area contributed by atoms with Crippen LogP contribution in [-0.2, 0) is 29.1 Å². The maximum Gasteiger partial charge on any atom is 0.243 e. The van der Waals surface area contributed by atoms with Gasteiger partial charge in [-0.1, -0.05) is 36.4 Å². The highest BCUT2D eigenvalue weighted by molar-refractivity contribution is 7.99. The highest BCUT2D eigenvalue weighted by Crippen LogP contribution is 2.29. The molecule has 2 fully saturated rings. The normalized spacial score (nSPS) is 19.4. The van der Waals surface area contributed by atoms with Gasteiger partial charge in [-0.05, 0) is 62.1 Å². The third-order valence-corrected chi connectivity index (χ3v) is 9.82. The van der Waals surface area contributed by atoms with E-state index in [1.807, 2.05) is 44.2 Å². The highest BCUT2D eigenvalue weighted by Gasteiger charge is 2.28. The first-order valence-electron chi connectivity index (χ1n) is 14.0. The number of aryl methyl sites for hydroxylation is 1. The average Bonchev–Trinajstić information content (AvgIpc) is 2.95. The average molecular weight is 592 g/mol. The molecule has 1 amide bonds. The summed E-state index contributed by atoms with van der Waals surface area (Å²) in [5.41, 5.74) is 3.66. The lowest BCUT2D eigenvalue weighted by Gasteiger charge is -2.31. The SMILES string of the molecule is Cc1cccc(Sc2ccc(S(=O)(=O)N(CCN3CCOCC3)CC(C)CC(=O)NOC3CCCCO3)cc2)c1. The van der Waals surface area contributed by atoms with E-state index in [1.165, 1.54) is 9.87 Å². The number of ether oxygens (including phenoxy) is 2. The summed E-state index contributed by atoms with van der Waals surface area (Å²) in [6, 6.07) is 15.3. The Morgan fingerprint density at radius 1 is 1.12 bits per heavy atom. The fourth-order valence-corrected chi connectivity index (χ4v) is 7.22. The number of nitrogens with one attached hydrogen (secondary N) is 1. The predicted molar refractivity (Wildman–Crippen MR) is 154 cm³/mol. The number of carbonyl (C=O) groups is 1. The maximum absolute atomic E-state index is 13.8. The molecule has 1 N–H and O–H groups in total. The lowest BCUT2D eigenvalue weighted by Crippen LogP contribution is -2.44. The minimum atomic E-state index is -3.78. The lowest BCUT2D eigenvalue weighted by atomic mass is 10.1. The topological polar surface area (TPSA) is 97.4 Å². The molecule has 4 rings (SSSR count). The number of morpholine rings is 1. The van der Waals surface area contributed by atoms with Crippen molar-refractivity contribution >= 4 is 27.7 Å². The van der Waals surface area contributed by atoms with E-state index in [-0.39, 0.29) is 29.7 Å². The summed E-state index contributed by atoms with van der Waals surface area (Å²) < 4.78 is 40.0. The van der Waals surface area contributed by atoms with Crippen LogP contribution in [0.5, 0.6) is 0 Å². The van der Waals surface area contributed by atoms with E-state index >= 15 is 0 Å². The molecule has 2 saturated heterocycles. The van der Waals surface area contributed by atoms with Crippen molar-refractivity contribution in [1.82, 2.24) is 14.7 Å². The van der Waals surface area contributed by atoms with Crippen LogP contribution in [0.3, 0.4) is 0 Å². The first kappa shape index (κ1) is 31.0. The fourth-order valence-electron chi connectivity index (χ4n) is 4.74. The Balaban J connectivity index is 1.39. The molecule has 2 heterocycles. The number of hydrogen-bond acceptors (Lipinski definition) is 8. The van der Waals surface area contributed by atoms with Crippen LogP contribution >= 0.6 is 11.8 Å². The van der Waals surface area contributed by atoms with Crippen LogP contribution in [0.4, 0.5) is 0 Å². The molecule has 0 radical (unpaired) electrons. The molecule has 0 spiro atoms. The van der Waals surface area contributed by atoms with Crippen molar-refractivity contribution in [2.75, 3.05) is 52.5 Å². The Morgan fingerprint density at radius 3 is 2.60 bits per heavy atom. The van der Waals surface area contributed by atoms with Crippen molar-refractivity contribution in [2.45, 2.75) is 60.5 Å². The number of hydrogen-bond donors (Lipinski definition) is 1. The number of hydroxylamine groups is 1. The van der Waals surface area contributed by atoms with E-state index in [1.54, 1.807) is 23.9 Å². The molecular formula is C29H41N3O6S2. The van der Waals surface area contributed by atoms with Crippen LogP contribution < -0.4 is 5.48 Å². The molecule has 40 heavy (non-hydrogen) atoms. The van der Waals surface area contributed by atoms with E-state index < -0.39 is 16.3 Å². The zero-order chi connectivity index (χ0) is 28.4. The summed E-state index contributed by atoms with van der Waals surface area (Å²) >= 11 is 1.60. The van der Waals surface area contributed by atoms with Gasteiger partial charge in [-0.2, -0.15) is 4.31 Å². The van der Waals surface area contributed by atoms with E-state index in [9.17, 15) is 13.2 Å². The summed E-state index contributed by atoms with van der Waals surface area (Å²) in [7, 11) is -3.78. The number of carbonyl (C=O) groups excluding carboxylic acids is 1. The molecule has 11 heteroatoms. The number of nitrogens with zero attached hydrogens (tertiary/aromatic N) is 2. The van der Waals surface area contributed by atoms with Gasteiger partial charge >= 0.3 is 0 Å². The monoisotopic (exact) mass is 591 g/mol. The molecule has 0 aromatic heterocycles. The highest BCUT2D eigenvalue weighted by atomic mass is 32.2. The Bertz CT molecular complexity index is 1180. The van der Waals surface area contributed by atoms with Crippen LogP contribution in [0.25, 0.3) is 0 Å². The number of amides is 1. The molecule has 220 valence electrons. The molecule has 9 nitrogen and oxygen atoms in total. The van der Waals surface area contributed by atoms with Crippen LogP contribution in [0.15, 0.2) is 63.2 Å². The van der Waals surface area contributed by atoms with E-state index in [0.29, 0.717) is 32.9 Å². The lowest BCUT2D eigenvalue weighted by molar-refractivity contribution is -0.200. The predicted octanol–water partition coefficient (Wildman–Crippen LogP) is 4.07. The Labute approximate surface area is 242 Å². The zero-order valence-electron chi connectivity index (χ0n) is 23.4. The maximum atomic E-state index is 13.8. The molecule has 0 bridgehead atoms. The number of benzene rings is 2. The summed E-state index contributed by atoms with van der Waals surface area (Å²) in [5.74, 6) is -0.504. The minimum absolute atomic E-state index is 0.141. The number of rotatable bonds is 13. The van der Waals surface area contributed by atoms with E-state index in [2.05, 4.69) is 16.4 Å². The summed E-state index contributed by atoms with van der Waals surface area (Å²) in [6.45, 7) is 8.56. The van der Waals surface area contributed by atoms with Crippen molar-refractivity contribution < 1.29 is 27.5 Å².